The van der Waals surface area contributed by atoms with Gasteiger partial charge in [0.1, 0.15) is 5.75 Å². The molecule has 25 heavy (non-hydrogen) atoms. The predicted molar refractivity (Wildman–Crippen MR) is 76.8 cm³/mol. The molecular formula is C16H18F6O3. The minimum Gasteiger partial charge on any atom is -0.426 e. The third kappa shape index (κ3) is 4.26. The van der Waals surface area contributed by atoms with Gasteiger partial charge in [-0.25, -0.2) is 0 Å². The molecule has 1 aromatic carbocycles. The molecule has 0 fully saturated rings. The molecule has 0 bridgehead atoms. The number of esters is 1. The van der Waals surface area contributed by atoms with Crippen molar-refractivity contribution >= 4 is 5.97 Å². The lowest BCUT2D eigenvalue weighted by Crippen LogP contribution is -2.53. The van der Waals surface area contributed by atoms with Crippen molar-refractivity contribution in [3.05, 3.63) is 29.8 Å². The fraction of sp³-hybridized carbons (Fsp3) is 0.562. The van der Waals surface area contributed by atoms with Crippen LogP contribution in [0.3, 0.4) is 0 Å². The van der Waals surface area contributed by atoms with Gasteiger partial charge in [-0.05, 0) is 32.4 Å². The fourth-order valence-electron chi connectivity index (χ4n) is 2.22. The van der Waals surface area contributed by atoms with Crippen LogP contribution in [0, 0.1) is 5.41 Å². The second kappa shape index (κ2) is 6.86. The molecule has 0 unspecified atom stereocenters. The number of alkyl halides is 6. The lowest BCUT2D eigenvalue weighted by molar-refractivity contribution is -0.376. The van der Waals surface area contributed by atoms with Gasteiger partial charge in [0.15, 0.2) is 0 Å². The summed E-state index contributed by atoms with van der Waals surface area (Å²) in [6.07, 6.45) is -10.8. The molecule has 142 valence electrons. The Balaban J connectivity index is 3.12. The molecule has 0 heterocycles. The van der Waals surface area contributed by atoms with Crippen LogP contribution in [0.5, 0.6) is 5.75 Å². The van der Waals surface area contributed by atoms with Crippen molar-refractivity contribution in [2.45, 2.75) is 51.6 Å². The van der Waals surface area contributed by atoms with Crippen LogP contribution in [0.2, 0.25) is 0 Å². The van der Waals surface area contributed by atoms with E-state index >= 15 is 0 Å². The summed E-state index contributed by atoms with van der Waals surface area (Å²) in [5.41, 5.74) is -7.28. The molecule has 1 aromatic rings. The molecule has 0 amide bonds. The van der Waals surface area contributed by atoms with Gasteiger partial charge in [0, 0.05) is 5.56 Å². The molecule has 9 heteroatoms. The van der Waals surface area contributed by atoms with Crippen molar-refractivity contribution in [1.29, 1.82) is 0 Å². The molecule has 0 aliphatic rings. The first-order valence-corrected chi connectivity index (χ1v) is 7.35. The number of ether oxygens (including phenoxy) is 1. The number of rotatable bonds is 5. The Labute approximate surface area is 140 Å². The standard InChI is InChI=1S/C16H18F6O3/c1-4-9-13(2,3)12(23)25-11-7-5-10(6-8-11)14(24,15(17,18)19)16(20,21)22/h5-8,24H,4,9H2,1-3H3. The van der Waals surface area contributed by atoms with E-state index in [9.17, 15) is 36.2 Å². The second-order valence-electron chi connectivity index (χ2n) is 6.25. The smallest absolute Gasteiger partial charge is 0.426 e. The topological polar surface area (TPSA) is 46.5 Å². The van der Waals surface area contributed by atoms with Crippen LogP contribution in [0.4, 0.5) is 26.3 Å². The summed E-state index contributed by atoms with van der Waals surface area (Å²) in [6, 6.07) is 2.41. The molecule has 1 N–H and O–H groups in total. The molecular weight excluding hydrogens is 354 g/mol. The SMILES string of the molecule is CCCC(C)(C)C(=O)Oc1ccc(C(O)(C(F)(F)F)C(F)(F)F)cc1. The quantitative estimate of drug-likeness (QED) is 0.462. The van der Waals surface area contributed by atoms with Gasteiger partial charge in [-0.2, -0.15) is 26.3 Å². The average molecular weight is 372 g/mol. The highest BCUT2D eigenvalue weighted by Crippen LogP contribution is 2.50. The molecule has 3 nitrogen and oxygen atoms in total. The summed E-state index contributed by atoms with van der Waals surface area (Å²) in [7, 11) is 0. The van der Waals surface area contributed by atoms with E-state index in [-0.39, 0.29) is 5.75 Å². The van der Waals surface area contributed by atoms with Crippen molar-refractivity contribution in [3.63, 3.8) is 0 Å². The van der Waals surface area contributed by atoms with Crippen molar-refractivity contribution in [3.8, 4) is 5.75 Å². The molecule has 0 spiro atoms. The lowest BCUT2D eigenvalue weighted by atomic mass is 9.88. The van der Waals surface area contributed by atoms with Crippen LogP contribution in [-0.4, -0.2) is 23.4 Å². The number of carbonyl (C=O) groups excluding carboxylic acids is 1. The number of benzene rings is 1. The Morgan fingerprint density at radius 2 is 1.44 bits per heavy atom. The van der Waals surface area contributed by atoms with Gasteiger partial charge in [-0.3, -0.25) is 4.79 Å². The molecule has 1 rings (SSSR count). The highest BCUT2D eigenvalue weighted by Gasteiger charge is 2.71. The first-order valence-electron chi connectivity index (χ1n) is 7.35. The highest BCUT2D eigenvalue weighted by molar-refractivity contribution is 5.78. The van der Waals surface area contributed by atoms with E-state index in [1.165, 1.54) is 0 Å². The molecule has 0 saturated heterocycles. The van der Waals surface area contributed by atoms with E-state index in [1.807, 2.05) is 6.92 Å². The van der Waals surface area contributed by atoms with Gasteiger partial charge in [-0.15, -0.1) is 0 Å². The number of carbonyl (C=O) groups is 1. The summed E-state index contributed by atoms with van der Waals surface area (Å²) in [4.78, 5) is 12.0. The van der Waals surface area contributed by atoms with E-state index in [2.05, 4.69) is 0 Å². The molecule has 0 radical (unpaired) electrons. The van der Waals surface area contributed by atoms with Gasteiger partial charge in [0.2, 0.25) is 0 Å². The van der Waals surface area contributed by atoms with Crippen molar-refractivity contribution in [1.82, 2.24) is 0 Å². The van der Waals surface area contributed by atoms with Crippen LogP contribution in [-0.2, 0) is 10.4 Å². The normalized spacial score (nSPS) is 13.7. The highest BCUT2D eigenvalue weighted by atomic mass is 19.4. The minimum absolute atomic E-state index is 0.218. The first kappa shape index (κ1) is 21.3. The summed E-state index contributed by atoms with van der Waals surface area (Å²) in [6.45, 7) is 5.07. The number of aliphatic hydroxyl groups is 1. The van der Waals surface area contributed by atoms with E-state index in [0.29, 0.717) is 25.0 Å². The van der Waals surface area contributed by atoms with Crippen LogP contribution in [0.15, 0.2) is 24.3 Å². The molecule has 0 aliphatic carbocycles. The Hall–Kier alpha value is -1.77. The third-order valence-corrected chi connectivity index (χ3v) is 3.73. The maximum atomic E-state index is 12.8. The first-order chi connectivity index (χ1) is 11.2. The molecule has 0 aromatic heterocycles. The maximum Gasteiger partial charge on any atom is 0.430 e. The fourth-order valence-corrected chi connectivity index (χ4v) is 2.22. The number of hydrogen-bond donors (Lipinski definition) is 1. The van der Waals surface area contributed by atoms with Gasteiger partial charge < -0.3 is 9.84 Å². The number of hydrogen-bond acceptors (Lipinski definition) is 3. The van der Waals surface area contributed by atoms with E-state index in [0.717, 1.165) is 12.1 Å². The van der Waals surface area contributed by atoms with Crippen molar-refractivity contribution < 1.29 is 41.0 Å². The summed E-state index contributed by atoms with van der Waals surface area (Å²) < 4.78 is 81.7. The Kier molecular flexibility index (Phi) is 5.83. The molecule has 0 saturated carbocycles. The van der Waals surface area contributed by atoms with Gasteiger partial charge in [0.05, 0.1) is 5.41 Å². The molecule has 0 aliphatic heterocycles. The second-order valence-corrected chi connectivity index (χ2v) is 6.25. The molecule has 0 atom stereocenters. The van der Waals surface area contributed by atoms with E-state index in [1.54, 1.807) is 13.8 Å². The van der Waals surface area contributed by atoms with Crippen LogP contribution in [0.25, 0.3) is 0 Å². The van der Waals surface area contributed by atoms with Gasteiger partial charge in [0.25, 0.3) is 5.60 Å². The van der Waals surface area contributed by atoms with Crippen LogP contribution >= 0.6 is 0 Å². The van der Waals surface area contributed by atoms with Crippen molar-refractivity contribution in [2.75, 3.05) is 0 Å². The largest absolute Gasteiger partial charge is 0.430 e. The lowest BCUT2D eigenvalue weighted by Gasteiger charge is -2.32. The third-order valence-electron chi connectivity index (χ3n) is 3.73. The van der Waals surface area contributed by atoms with E-state index in [4.69, 9.17) is 4.74 Å². The zero-order chi connectivity index (χ0) is 19.7. The summed E-state index contributed by atoms with van der Waals surface area (Å²) >= 11 is 0. The van der Waals surface area contributed by atoms with Crippen molar-refractivity contribution in [2.24, 2.45) is 5.41 Å². The van der Waals surface area contributed by atoms with Crippen LogP contribution in [0.1, 0.15) is 39.2 Å². The minimum atomic E-state index is -5.97. The summed E-state index contributed by atoms with van der Waals surface area (Å²) in [5, 5.41) is 9.27. The predicted octanol–water partition coefficient (Wildman–Crippen LogP) is 4.73. The van der Waals surface area contributed by atoms with Crippen LogP contribution < -0.4 is 4.74 Å². The Morgan fingerprint density at radius 1 is 1.00 bits per heavy atom. The Bertz CT molecular complexity index is 588. The zero-order valence-electron chi connectivity index (χ0n) is 13.8. The van der Waals surface area contributed by atoms with Gasteiger partial charge in [-0.1, -0.05) is 25.5 Å². The monoisotopic (exact) mass is 372 g/mol. The summed E-state index contributed by atoms with van der Waals surface area (Å²) in [5.74, 6) is -0.881. The Morgan fingerprint density at radius 3 is 1.80 bits per heavy atom. The maximum absolute atomic E-state index is 12.8. The van der Waals surface area contributed by atoms with Gasteiger partial charge >= 0.3 is 18.3 Å². The average Bonchev–Trinajstić information content (AvgIpc) is 2.44. The van der Waals surface area contributed by atoms with E-state index < -0.39 is 34.9 Å². The zero-order valence-corrected chi connectivity index (χ0v) is 13.8. The number of halogens is 6.